The highest BCUT2D eigenvalue weighted by Gasteiger charge is 2.22. The van der Waals surface area contributed by atoms with Crippen LogP contribution < -0.4 is 0 Å². The van der Waals surface area contributed by atoms with Gasteiger partial charge in [-0.15, -0.1) is 0 Å². The van der Waals surface area contributed by atoms with Crippen LogP contribution in [0, 0.1) is 11.8 Å². The van der Waals surface area contributed by atoms with Gasteiger partial charge >= 0.3 is 0 Å². The topological polar surface area (TPSA) is 3.24 Å². The summed E-state index contributed by atoms with van der Waals surface area (Å²) in [7, 11) is 2.24. The van der Waals surface area contributed by atoms with Crippen molar-refractivity contribution in [3.8, 4) is 0 Å². The van der Waals surface area contributed by atoms with Gasteiger partial charge in [0.15, 0.2) is 0 Å². The summed E-state index contributed by atoms with van der Waals surface area (Å²) in [6.45, 7) is 8.24. The van der Waals surface area contributed by atoms with Crippen molar-refractivity contribution >= 4 is 0 Å². The first kappa shape index (κ1) is 10.0. The van der Waals surface area contributed by atoms with Crippen LogP contribution in [0.3, 0.4) is 0 Å². The predicted molar refractivity (Wildman–Crippen MR) is 54.3 cm³/mol. The third-order valence-electron chi connectivity index (χ3n) is 3.23. The van der Waals surface area contributed by atoms with Gasteiger partial charge in [-0.1, -0.05) is 13.3 Å². The second-order valence-electron chi connectivity index (χ2n) is 4.82. The molecule has 1 heteroatoms. The van der Waals surface area contributed by atoms with Gasteiger partial charge in [-0.3, -0.25) is 0 Å². The van der Waals surface area contributed by atoms with E-state index in [1.165, 1.54) is 25.8 Å². The number of nitrogens with zero attached hydrogens (tertiary/aromatic N) is 1. The van der Waals surface area contributed by atoms with Crippen molar-refractivity contribution in [2.24, 2.45) is 11.8 Å². The van der Waals surface area contributed by atoms with Crippen LogP contribution in [-0.2, 0) is 0 Å². The Kier molecular flexibility index (Phi) is 3.57. The van der Waals surface area contributed by atoms with Crippen LogP contribution in [0.1, 0.15) is 40.0 Å². The molecule has 0 heterocycles. The van der Waals surface area contributed by atoms with Crippen LogP contribution in [0.2, 0.25) is 0 Å². The minimum atomic E-state index is 0.709. The Hall–Kier alpha value is -0.0400. The van der Waals surface area contributed by atoms with E-state index in [-0.39, 0.29) is 0 Å². The molecule has 0 amide bonds. The van der Waals surface area contributed by atoms with Crippen LogP contribution in [-0.4, -0.2) is 24.5 Å². The molecule has 0 radical (unpaired) electrons. The number of rotatable bonds is 3. The fraction of sp³-hybridized carbons (Fsp3) is 1.00. The van der Waals surface area contributed by atoms with Gasteiger partial charge in [-0.05, 0) is 45.6 Å². The molecule has 1 fully saturated rings. The largest absolute Gasteiger partial charge is 0.304 e. The van der Waals surface area contributed by atoms with Crippen molar-refractivity contribution in [3.63, 3.8) is 0 Å². The van der Waals surface area contributed by atoms with Crippen LogP contribution >= 0.6 is 0 Å². The molecule has 72 valence electrons. The fourth-order valence-corrected chi connectivity index (χ4v) is 2.11. The molecule has 0 aromatic rings. The first-order valence-electron chi connectivity index (χ1n) is 5.29. The van der Waals surface area contributed by atoms with Crippen molar-refractivity contribution in [1.29, 1.82) is 0 Å². The number of hydrogen-bond acceptors (Lipinski definition) is 1. The Labute approximate surface area is 77.1 Å². The van der Waals surface area contributed by atoms with Gasteiger partial charge in [0.1, 0.15) is 0 Å². The molecule has 1 nitrogen and oxygen atoms in total. The lowest BCUT2D eigenvalue weighted by molar-refractivity contribution is 0.229. The highest BCUT2D eigenvalue weighted by atomic mass is 15.1. The van der Waals surface area contributed by atoms with E-state index in [0.29, 0.717) is 6.04 Å². The average molecular weight is 169 g/mol. The van der Waals surface area contributed by atoms with Crippen molar-refractivity contribution < 1.29 is 0 Å². The van der Waals surface area contributed by atoms with Crippen molar-refractivity contribution in [3.05, 3.63) is 0 Å². The summed E-state index contributed by atoms with van der Waals surface area (Å²) in [6, 6.07) is 0.709. The smallest absolute Gasteiger partial charge is 0.00356 e. The van der Waals surface area contributed by atoms with E-state index in [1.807, 2.05) is 0 Å². The van der Waals surface area contributed by atoms with E-state index >= 15 is 0 Å². The lowest BCUT2D eigenvalue weighted by atomic mass is 10.1. The maximum Gasteiger partial charge on any atom is 0.00356 e. The lowest BCUT2D eigenvalue weighted by Gasteiger charge is -2.24. The highest BCUT2D eigenvalue weighted by Crippen LogP contribution is 2.30. The van der Waals surface area contributed by atoms with Gasteiger partial charge in [0.05, 0.1) is 0 Å². The van der Waals surface area contributed by atoms with Gasteiger partial charge in [-0.25, -0.2) is 0 Å². The molecule has 1 aliphatic rings. The molecule has 0 bridgehead atoms. The Balaban J connectivity index is 2.23. The second-order valence-corrected chi connectivity index (χ2v) is 4.82. The zero-order chi connectivity index (χ0) is 9.14. The van der Waals surface area contributed by atoms with Crippen LogP contribution in [0.4, 0.5) is 0 Å². The van der Waals surface area contributed by atoms with E-state index in [9.17, 15) is 0 Å². The molecule has 0 aromatic carbocycles. The molecule has 1 saturated carbocycles. The first-order valence-corrected chi connectivity index (χ1v) is 5.29. The standard InChI is InChI=1S/C11H23N/c1-9(2)12(4)8-11-6-5-10(3)7-11/h9-11H,5-8H2,1-4H3. The summed E-state index contributed by atoms with van der Waals surface area (Å²) in [4.78, 5) is 2.47. The molecule has 0 aromatic heterocycles. The van der Waals surface area contributed by atoms with Gasteiger partial charge in [0, 0.05) is 12.6 Å². The summed E-state index contributed by atoms with van der Waals surface area (Å²) in [5, 5.41) is 0. The summed E-state index contributed by atoms with van der Waals surface area (Å²) in [5.74, 6) is 1.96. The van der Waals surface area contributed by atoms with Gasteiger partial charge < -0.3 is 4.90 Å². The molecule has 0 aliphatic heterocycles. The van der Waals surface area contributed by atoms with Crippen LogP contribution in [0.25, 0.3) is 0 Å². The molecule has 1 rings (SSSR count). The van der Waals surface area contributed by atoms with Crippen molar-refractivity contribution in [1.82, 2.24) is 4.90 Å². The minimum absolute atomic E-state index is 0.709. The monoisotopic (exact) mass is 169 g/mol. The Morgan fingerprint density at radius 3 is 2.42 bits per heavy atom. The molecule has 1 aliphatic carbocycles. The van der Waals surface area contributed by atoms with E-state index < -0.39 is 0 Å². The van der Waals surface area contributed by atoms with Crippen LogP contribution in [0.5, 0.6) is 0 Å². The summed E-state index contributed by atoms with van der Waals surface area (Å²) >= 11 is 0. The van der Waals surface area contributed by atoms with E-state index in [4.69, 9.17) is 0 Å². The molecule has 0 spiro atoms. The van der Waals surface area contributed by atoms with E-state index in [1.54, 1.807) is 0 Å². The molecular weight excluding hydrogens is 146 g/mol. The normalized spacial score (nSPS) is 30.5. The highest BCUT2D eigenvalue weighted by molar-refractivity contribution is 4.75. The van der Waals surface area contributed by atoms with E-state index in [0.717, 1.165) is 11.8 Å². The second kappa shape index (κ2) is 4.27. The van der Waals surface area contributed by atoms with Gasteiger partial charge in [0.2, 0.25) is 0 Å². The Morgan fingerprint density at radius 2 is 2.00 bits per heavy atom. The molecule has 0 saturated heterocycles. The van der Waals surface area contributed by atoms with Crippen LogP contribution in [0.15, 0.2) is 0 Å². The van der Waals surface area contributed by atoms with E-state index in [2.05, 4.69) is 32.7 Å². The summed E-state index contributed by atoms with van der Waals surface area (Å²) in [5.41, 5.74) is 0. The Morgan fingerprint density at radius 1 is 1.33 bits per heavy atom. The van der Waals surface area contributed by atoms with Gasteiger partial charge in [0.25, 0.3) is 0 Å². The zero-order valence-corrected chi connectivity index (χ0v) is 9.01. The molecule has 0 N–H and O–H groups in total. The predicted octanol–water partition coefficient (Wildman–Crippen LogP) is 2.76. The third-order valence-corrected chi connectivity index (χ3v) is 3.23. The maximum absolute atomic E-state index is 2.47. The Bertz CT molecular complexity index is 131. The molecule has 2 unspecified atom stereocenters. The molecule has 12 heavy (non-hydrogen) atoms. The third kappa shape index (κ3) is 2.78. The zero-order valence-electron chi connectivity index (χ0n) is 9.01. The van der Waals surface area contributed by atoms with Crippen molar-refractivity contribution in [2.45, 2.75) is 46.1 Å². The molecule has 2 atom stereocenters. The quantitative estimate of drug-likeness (QED) is 0.628. The minimum Gasteiger partial charge on any atom is -0.304 e. The SMILES string of the molecule is CC1CCC(CN(C)C(C)C)C1. The summed E-state index contributed by atoms with van der Waals surface area (Å²) in [6.07, 6.45) is 4.37. The lowest BCUT2D eigenvalue weighted by Crippen LogP contribution is -2.30. The van der Waals surface area contributed by atoms with Crippen molar-refractivity contribution in [2.75, 3.05) is 13.6 Å². The average Bonchev–Trinajstić information content (AvgIpc) is 2.35. The van der Waals surface area contributed by atoms with Gasteiger partial charge in [-0.2, -0.15) is 0 Å². The summed E-state index contributed by atoms with van der Waals surface area (Å²) < 4.78 is 0. The number of hydrogen-bond donors (Lipinski definition) is 0. The fourth-order valence-electron chi connectivity index (χ4n) is 2.11. The molecular formula is C11H23N. The first-order chi connectivity index (χ1) is 5.59. The maximum atomic E-state index is 2.47.